The average molecular weight is 554 g/mol. The summed E-state index contributed by atoms with van der Waals surface area (Å²) in [7, 11) is -3.49. The number of imide groups is 1. The van der Waals surface area contributed by atoms with Crippen molar-refractivity contribution >= 4 is 28.3 Å². The second-order valence-corrected chi connectivity index (χ2v) is 11.4. The first-order valence-electron chi connectivity index (χ1n) is 8.59. The van der Waals surface area contributed by atoms with Crippen LogP contribution in [0.3, 0.4) is 0 Å². The van der Waals surface area contributed by atoms with E-state index >= 15 is 0 Å². The fourth-order valence-corrected chi connectivity index (χ4v) is 4.20. The standard InChI is InChI=1S/C18H25IN3O7S/c1-17(2,3)28-15(23)22(16(24)29-18(4,5)6)14-20-10-13(11-21-14)8-9-19-12-27-30(7,25)26/h10-11H,12H2,1-7H3/q-1. The van der Waals surface area contributed by atoms with E-state index in [4.69, 9.17) is 9.47 Å². The van der Waals surface area contributed by atoms with Gasteiger partial charge in [-0.2, -0.15) is 0 Å². The Labute approximate surface area is 187 Å². The molecule has 1 rings (SSSR count). The van der Waals surface area contributed by atoms with Crippen LogP contribution in [0, 0.1) is 9.85 Å². The first kappa shape index (κ1) is 26.1. The number of nitrogens with zero attached hydrogens (tertiary/aromatic N) is 3. The van der Waals surface area contributed by atoms with Crippen LogP contribution in [0.2, 0.25) is 0 Å². The van der Waals surface area contributed by atoms with Crippen LogP contribution in [0.4, 0.5) is 15.5 Å². The van der Waals surface area contributed by atoms with E-state index in [-0.39, 0.29) is 10.6 Å². The molecule has 0 bridgehead atoms. The summed E-state index contributed by atoms with van der Waals surface area (Å²) in [6.45, 7) is 9.97. The van der Waals surface area contributed by atoms with Crippen LogP contribution >= 0.6 is 0 Å². The number of carbonyl (C=O) groups excluding carboxylic acids is 2. The zero-order valence-corrected chi connectivity index (χ0v) is 20.8. The van der Waals surface area contributed by atoms with Gasteiger partial charge in [-0.1, -0.05) is 0 Å². The molecule has 0 aliphatic carbocycles. The van der Waals surface area contributed by atoms with Crippen molar-refractivity contribution in [3.63, 3.8) is 0 Å². The molecular weight excluding hydrogens is 529 g/mol. The van der Waals surface area contributed by atoms with Crippen LogP contribution in [0.1, 0.15) is 47.1 Å². The van der Waals surface area contributed by atoms with E-state index in [1.807, 2.05) is 0 Å². The summed E-state index contributed by atoms with van der Waals surface area (Å²) in [6, 6.07) is 0. The molecule has 0 spiro atoms. The van der Waals surface area contributed by atoms with Crippen molar-refractivity contribution in [2.75, 3.05) is 15.8 Å². The van der Waals surface area contributed by atoms with Crippen LogP contribution < -0.4 is 26.1 Å². The van der Waals surface area contributed by atoms with Crippen LogP contribution in [0.5, 0.6) is 0 Å². The summed E-state index contributed by atoms with van der Waals surface area (Å²) in [5, 5.41) is 0. The Morgan fingerprint density at radius 1 is 1.03 bits per heavy atom. The van der Waals surface area contributed by atoms with Gasteiger partial charge in [0, 0.05) is 0 Å². The Balaban J connectivity index is 3.00. The van der Waals surface area contributed by atoms with E-state index in [2.05, 4.69) is 24.0 Å². The molecule has 12 heteroatoms. The second-order valence-electron chi connectivity index (χ2n) is 7.85. The van der Waals surface area contributed by atoms with Crippen molar-refractivity contribution < 1.29 is 52.9 Å². The van der Waals surface area contributed by atoms with Gasteiger partial charge in [-0.15, -0.1) is 0 Å². The van der Waals surface area contributed by atoms with Crippen molar-refractivity contribution in [2.24, 2.45) is 0 Å². The Morgan fingerprint density at radius 3 is 1.90 bits per heavy atom. The van der Waals surface area contributed by atoms with Gasteiger partial charge in [-0.25, -0.2) is 0 Å². The summed E-state index contributed by atoms with van der Waals surface area (Å²) < 4.78 is 39.8. The SMILES string of the molecule is CC(C)(C)OC(=O)N(C(=O)OC(C)(C)C)c1ncc(C#C[I-]COS(C)(=O)=O)cn1. The van der Waals surface area contributed by atoms with Crippen molar-refractivity contribution in [3.8, 4) is 9.85 Å². The molecule has 0 unspecified atom stereocenters. The molecule has 168 valence electrons. The zero-order chi connectivity index (χ0) is 23.2. The predicted octanol–water partition coefficient (Wildman–Crippen LogP) is -0.515. The topological polar surface area (TPSA) is 125 Å². The number of anilines is 1. The molecule has 1 aromatic rings. The van der Waals surface area contributed by atoms with Gasteiger partial charge >= 0.3 is 187 Å². The Kier molecular flexibility index (Phi) is 9.00. The maximum absolute atomic E-state index is 12.5. The number of rotatable bonds is 4. The van der Waals surface area contributed by atoms with Gasteiger partial charge < -0.3 is 0 Å². The van der Waals surface area contributed by atoms with E-state index in [1.54, 1.807) is 41.5 Å². The molecule has 1 aromatic heterocycles. The van der Waals surface area contributed by atoms with E-state index in [1.165, 1.54) is 12.4 Å². The Hall–Kier alpha value is -1.98. The molecule has 30 heavy (non-hydrogen) atoms. The van der Waals surface area contributed by atoms with Crippen molar-refractivity contribution in [3.05, 3.63) is 18.0 Å². The molecule has 0 radical (unpaired) electrons. The molecule has 0 fully saturated rings. The maximum atomic E-state index is 12.5. The normalized spacial score (nSPS) is 12.0. The van der Waals surface area contributed by atoms with Crippen molar-refractivity contribution in [2.45, 2.75) is 52.7 Å². The zero-order valence-electron chi connectivity index (χ0n) is 17.8. The minimum atomic E-state index is -3.49. The van der Waals surface area contributed by atoms with Gasteiger partial charge in [0.05, 0.1) is 0 Å². The quantitative estimate of drug-likeness (QED) is 0.159. The molecule has 0 saturated heterocycles. The van der Waals surface area contributed by atoms with Crippen LogP contribution in [-0.2, 0) is 23.8 Å². The third kappa shape index (κ3) is 10.7. The summed E-state index contributed by atoms with van der Waals surface area (Å²) in [5.41, 5.74) is -1.27. The Bertz CT molecular complexity index is 896. The van der Waals surface area contributed by atoms with E-state index < -0.39 is 54.7 Å². The van der Waals surface area contributed by atoms with Gasteiger partial charge in [0.25, 0.3) is 0 Å². The van der Waals surface area contributed by atoms with E-state index in [9.17, 15) is 18.0 Å². The van der Waals surface area contributed by atoms with E-state index in [0.717, 1.165) is 6.26 Å². The summed E-state index contributed by atoms with van der Waals surface area (Å²) in [6.07, 6.45) is 1.69. The van der Waals surface area contributed by atoms with Crippen LogP contribution in [0.15, 0.2) is 12.4 Å². The van der Waals surface area contributed by atoms with Gasteiger partial charge in [0.1, 0.15) is 0 Å². The number of aromatic nitrogens is 2. The fraction of sp³-hybridized carbons (Fsp3) is 0.556. The van der Waals surface area contributed by atoms with Gasteiger partial charge in [-0.05, 0) is 0 Å². The molecule has 0 N–H and O–H groups in total. The molecule has 0 aromatic carbocycles. The number of hydrogen-bond acceptors (Lipinski definition) is 9. The molecular formula is C18H25IN3O7S-. The summed E-state index contributed by atoms with van der Waals surface area (Å²) in [4.78, 5) is 33.7. The van der Waals surface area contributed by atoms with Crippen LogP contribution in [-0.4, -0.2) is 52.6 Å². The first-order chi connectivity index (χ1) is 13.6. The predicted molar refractivity (Wildman–Crippen MR) is 105 cm³/mol. The molecule has 0 aliphatic rings. The van der Waals surface area contributed by atoms with Gasteiger partial charge in [0.15, 0.2) is 0 Å². The number of carbonyl (C=O) groups is 2. The molecule has 10 nitrogen and oxygen atoms in total. The summed E-state index contributed by atoms with van der Waals surface area (Å²) in [5.74, 6) is 2.56. The number of alkyl halides is 1. The Morgan fingerprint density at radius 2 is 1.50 bits per heavy atom. The van der Waals surface area contributed by atoms with E-state index in [0.29, 0.717) is 10.5 Å². The van der Waals surface area contributed by atoms with Crippen LogP contribution in [0.25, 0.3) is 0 Å². The molecule has 0 saturated carbocycles. The average Bonchev–Trinajstić information content (AvgIpc) is 2.51. The third-order valence-corrected chi connectivity index (χ3v) is 4.80. The minimum absolute atomic E-state index is 0.0364. The third-order valence-electron chi connectivity index (χ3n) is 2.56. The monoisotopic (exact) mass is 554 g/mol. The number of amides is 2. The van der Waals surface area contributed by atoms with Crippen molar-refractivity contribution in [1.82, 2.24) is 9.97 Å². The number of ether oxygens (including phenoxy) is 2. The first-order valence-corrected chi connectivity index (χ1v) is 13.0. The fourth-order valence-electron chi connectivity index (χ4n) is 1.57. The molecule has 0 atom stereocenters. The summed E-state index contributed by atoms with van der Waals surface area (Å²) >= 11 is -0.818. The second kappa shape index (κ2) is 10.4. The molecule has 2 amide bonds. The molecule has 1 heterocycles. The molecule has 0 aliphatic heterocycles. The number of halogens is 1. The van der Waals surface area contributed by atoms with Gasteiger partial charge in [-0.3, -0.25) is 0 Å². The van der Waals surface area contributed by atoms with Gasteiger partial charge in [0.2, 0.25) is 0 Å². The number of hydrogen-bond donors (Lipinski definition) is 0. The van der Waals surface area contributed by atoms with Crippen molar-refractivity contribution in [1.29, 1.82) is 0 Å².